The van der Waals surface area contributed by atoms with E-state index >= 15 is 0 Å². The largest absolute Gasteiger partial charge is 0.394 e. The normalized spacial score (nSPS) is 13.3. The van der Waals surface area contributed by atoms with Gasteiger partial charge in [0.25, 0.3) is 0 Å². The van der Waals surface area contributed by atoms with E-state index in [9.17, 15) is 9.90 Å². The summed E-state index contributed by atoms with van der Waals surface area (Å²) in [5.74, 6) is 0. The van der Waals surface area contributed by atoms with E-state index in [2.05, 4.69) is 34.7 Å². The van der Waals surface area contributed by atoms with Crippen LogP contribution in [0.25, 0.3) is 10.2 Å². The second-order valence-corrected chi connectivity index (χ2v) is 7.24. The number of rotatable bonds is 6. The molecule has 3 aromatic rings. The van der Waals surface area contributed by atoms with Gasteiger partial charge in [-0.15, -0.1) is 0 Å². The number of aryl methyl sites for hydroxylation is 1. The number of nitrogens with zero attached hydrogens (tertiary/aromatic N) is 1. The van der Waals surface area contributed by atoms with Crippen molar-refractivity contribution in [2.45, 2.75) is 32.2 Å². The first-order valence-corrected chi connectivity index (χ1v) is 9.57. The molecule has 136 valence electrons. The van der Waals surface area contributed by atoms with E-state index in [1.807, 2.05) is 43.3 Å². The molecule has 2 amide bonds. The molecular formula is C20H23N3O2S. The van der Waals surface area contributed by atoms with E-state index in [0.29, 0.717) is 11.6 Å². The molecule has 0 aliphatic heterocycles. The van der Waals surface area contributed by atoms with Crippen LogP contribution in [0.3, 0.4) is 0 Å². The fraction of sp³-hybridized carbons (Fsp3) is 0.300. The highest BCUT2D eigenvalue weighted by Gasteiger charge is 2.31. The number of aromatic nitrogens is 1. The zero-order chi connectivity index (χ0) is 18.6. The Labute approximate surface area is 157 Å². The molecule has 1 heterocycles. The highest BCUT2D eigenvalue weighted by atomic mass is 32.1. The zero-order valence-electron chi connectivity index (χ0n) is 15.0. The first kappa shape index (κ1) is 18.4. The summed E-state index contributed by atoms with van der Waals surface area (Å²) in [4.78, 5) is 17.0. The Balaban J connectivity index is 1.78. The molecule has 2 aromatic carbocycles. The smallest absolute Gasteiger partial charge is 0.321 e. The molecule has 0 spiro atoms. The maximum atomic E-state index is 12.6. The highest BCUT2D eigenvalue weighted by Crippen LogP contribution is 2.28. The number of fused-ring (bicyclic) bond motifs is 1. The van der Waals surface area contributed by atoms with Crippen molar-refractivity contribution in [3.05, 3.63) is 59.7 Å². The number of carbonyl (C=O) groups excluding carboxylic acids is 1. The van der Waals surface area contributed by atoms with Crippen LogP contribution in [0.2, 0.25) is 0 Å². The fourth-order valence-electron chi connectivity index (χ4n) is 2.95. The lowest BCUT2D eigenvalue weighted by Gasteiger charge is -2.32. The summed E-state index contributed by atoms with van der Waals surface area (Å²) < 4.78 is 1.05. The van der Waals surface area contributed by atoms with Crippen LogP contribution in [0, 0.1) is 0 Å². The van der Waals surface area contributed by atoms with Crippen LogP contribution in [0.1, 0.15) is 31.4 Å². The molecule has 0 fully saturated rings. The predicted octanol–water partition coefficient (Wildman–Crippen LogP) is 4.28. The van der Waals surface area contributed by atoms with Crippen LogP contribution in [-0.4, -0.2) is 22.7 Å². The van der Waals surface area contributed by atoms with Crippen molar-refractivity contribution < 1.29 is 9.90 Å². The van der Waals surface area contributed by atoms with Crippen LogP contribution >= 0.6 is 11.3 Å². The van der Waals surface area contributed by atoms with E-state index in [1.54, 1.807) is 0 Å². The third kappa shape index (κ3) is 3.71. The molecular weight excluding hydrogens is 346 g/mol. The van der Waals surface area contributed by atoms with Gasteiger partial charge in [0.1, 0.15) is 0 Å². The van der Waals surface area contributed by atoms with E-state index in [-0.39, 0.29) is 12.6 Å². The molecule has 26 heavy (non-hydrogen) atoms. The summed E-state index contributed by atoms with van der Waals surface area (Å²) in [7, 11) is 0. The van der Waals surface area contributed by atoms with Gasteiger partial charge in [0.15, 0.2) is 5.13 Å². The molecule has 0 saturated carbocycles. The van der Waals surface area contributed by atoms with Crippen LogP contribution in [0.5, 0.6) is 0 Å². The number of aliphatic hydroxyl groups is 1. The molecule has 0 radical (unpaired) electrons. The third-order valence-corrected chi connectivity index (χ3v) is 5.57. The van der Waals surface area contributed by atoms with Gasteiger partial charge in [-0.25, -0.2) is 9.78 Å². The summed E-state index contributed by atoms with van der Waals surface area (Å²) in [6.45, 7) is 3.87. The molecule has 3 N–H and O–H groups in total. The Morgan fingerprint density at radius 3 is 2.62 bits per heavy atom. The van der Waals surface area contributed by atoms with Crippen LogP contribution < -0.4 is 10.6 Å². The van der Waals surface area contributed by atoms with Crippen LogP contribution in [0.15, 0.2) is 48.5 Å². The molecule has 6 heteroatoms. The second-order valence-electron chi connectivity index (χ2n) is 6.21. The van der Waals surface area contributed by atoms with Crippen molar-refractivity contribution in [2.24, 2.45) is 0 Å². The number of aliphatic hydroxyl groups excluding tert-OH is 1. The van der Waals surface area contributed by atoms with Crippen molar-refractivity contribution in [2.75, 3.05) is 11.9 Å². The number of hydrogen-bond acceptors (Lipinski definition) is 4. The van der Waals surface area contributed by atoms with E-state index < -0.39 is 5.54 Å². The summed E-state index contributed by atoms with van der Waals surface area (Å²) >= 11 is 1.45. The van der Waals surface area contributed by atoms with Crippen molar-refractivity contribution in [3.63, 3.8) is 0 Å². The van der Waals surface area contributed by atoms with E-state index in [0.717, 1.165) is 22.2 Å². The van der Waals surface area contributed by atoms with Crippen LogP contribution in [0.4, 0.5) is 9.93 Å². The number of urea groups is 1. The van der Waals surface area contributed by atoms with Crippen molar-refractivity contribution in [3.8, 4) is 0 Å². The van der Waals surface area contributed by atoms with Crippen molar-refractivity contribution in [1.29, 1.82) is 0 Å². The minimum absolute atomic E-state index is 0.180. The quantitative estimate of drug-likeness (QED) is 0.607. The Morgan fingerprint density at radius 1 is 1.19 bits per heavy atom. The number of anilines is 1. The van der Waals surface area contributed by atoms with Crippen molar-refractivity contribution in [1.82, 2.24) is 10.3 Å². The SMILES string of the molecule is CCc1ccc2nc(NC(=O)NC(CC)(CO)c3ccccc3)sc2c1. The van der Waals surface area contributed by atoms with E-state index in [1.165, 1.54) is 16.9 Å². The topological polar surface area (TPSA) is 74.2 Å². The van der Waals surface area contributed by atoms with Gasteiger partial charge in [-0.05, 0) is 36.1 Å². The lowest BCUT2D eigenvalue weighted by Crippen LogP contribution is -2.49. The average Bonchev–Trinajstić information content (AvgIpc) is 3.07. The standard InChI is InChI=1S/C20H23N3O2S/c1-3-14-10-11-16-17(12-14)26-19(21-16)22-18(25)23-20(4-2,13-24)15-8-6-5-7-9-15/h5-12,24H,3-4,13H2,1-2H3,(H2,21,22,23,25). The first-order chi connectivity index (χ1) is 12.6. The molecule has 3 rings (SSSR count). The maximum absolute atomic E-state index is 12.6. The number of carbonyl (C=O) groups is 1. The predicted molar refractivity (Wildman–Crippen MR) is 107 cm³/mol. The number of thiazole rings is 1. The molecule has 0 aliphatic carbocycles. The highest BCUT2D eigenvalue weighted by molar-refractivity contribution is 7.22. The third-order valence-electron chi connectivity index (χ3n) is 4.63. The second kappa shape index (κ2) is 7.85. The molecule has 0 bridgehead atoms. The zero-order valence-corrected chi connectivity index (χ0v) is 15.8. The summed E-state index contributed by atoms with van der Waals surface area (Å²) in [5, 5.41) is 16.2. The van der Waals surface area contributed by atoms with Gasteiger partial charge in [0, 0.05) is 0 Å². The summed E-state index contributed by atoms with van der Waals surface area (Å²) in [5.41, 5.74) is 2.16. The van der Waals surface area contributed by atoms with E-state index in [4.69, 9.17) is 0 Å². The van der Waals surface area contributed by atoms with Gasteiger partial charge in [0.2, 0.25) is 0 Å². The van der Waals surface area contributed by atoms with Gasteiger partial charge in [0.05, 0.1) is 22.4 Å². The molecule has 1 atom stereocenters. The number of nitrogens with one attached hydrogen (secondary N) is 2. The Morgan fingerprint density at radius 2 is 1.96 bits per heavy atom. The van der Waals surface area contributed by atoms with Gasteiger partial charge in [-0.2, -0.15) is 0 Å². The fourth-order valence-corrected chi connectivity index (χ4v) is 3.88. The Hall–Kier alpha value is -2.44. The average molecular weight is 369 g/mol. The first-order valence-electron chi connectivity index (χ1n) is 8.75. The Kier molecular flexibility index (Phi) is 5.54. The van der Waals surface area contributed by atoms with Gasteiger partial charge in [-0.1, -0.05) is 61.6 Å². The van der Waals surface area contributed by atoms with Crippen molar-refractivity contribution >= 4 is 32.7 Å². The van der Waals surface area contributed by atoms with Gasteiger partial charge in [-0.3, -0.25) is 5.32 Å². The molecule has 1 aromatic heterocycles. The Bertz CT molecular complexity index is 888. The summed E-state index contributed by atoms with van der Waals surface area (Å²) in [6.07, 6.45) is 1.53. The monoisotopic (exact) mass is 369 g/mol. The van der Waals surface area contributed by atoms with Gasteiger partial charge < -0.3 is 10.4 Å². The number of benzene rings is 2. The molecule has 0 saturated heterocycles. The lowest BCUT2D eigenvalue weighted by molar-refractivity contribution is 0.159. The maximum Gasteiger partial charge on any atom is 0.321 e. The number of hydrogen-bond donors (Lipinski definition) is 3. The van der Waals surface area contributed by atoms with Gasteiger partial charge >= 0.3 is 6.03 Å². The minimum Gasteiger partial charge on any atom is -0.394 e. The molecule has 5 nitrogen and oxygen atoms in total. The number of amides is 2. The lowest BCUT2D eigenvalue weighted by atomic mass is 9.88. The molecule has 0 aliphatic rings. The molecule has 1 unspecified atom stereocenters. The summed E-state index contributed by atoms with van der Waals surface area (Å²) in [6, 6.07) is 15.3. The van der Waals surface area contributed by atoms with Crippen LogP contribution in [-0.2, 0) is 12.0 Å². The minimum atomic E-state index is -0.822.